The summed E-state index contributed by atoms with van der Waals surface area (Å²) in [6.07, 6.45) is 6.43. The molecule has 3 heterocycles. The van der Waals surface area contributed by atoms with Crippen molar-refractivity contribution in [3.8, 4) is 0 Å². The van der Waals surface area contributed by atoms with Crippen molar-refractivity contribution < 1.29 is 14.3 Å². The lowest BCUT2D eigenvalue weighted by atomic mass is 10.1. The minimum atomic E-state index is 0.194. The second-order valence-electron chi connectivity index (χ2n) is 7.18. The Balaban J connectivity index is 1.31. The average Bonchev–Trinajstić information content (AvgIpc) is 2.73. The Morgan fingerprint density at radius 1 is 0.963 bits per heavy atom. The summed E-state index contributed by atoms with van der Waals surface area (Å²) in [4.78, 5) is 35.0. The molecule has 0 bridgehead atoms. The summed E-state index contributed by atoms with van der Waals surface area (Å²) in [5.41, 5.74) is 1.17. The van der Waals surface area contributed by atoms with E-state index in [1.807, 2.05) is 28.1 Å². The summed E-state index contributed by atoms with van der Waals surface area (Å²) in [6.45, 7) is 6.74. The number of rotatable bonds is 7. The second kappa shape index (κ2) is 10.4. The minimum Gasteiger partial charge on any atom is -0.379 e. The molecular formula is C20H30N4O3. The van der Waals surface area contributed by atoms with E-state index in [1.165, 1.54) is 5.56 Å². The zero-order chi connectivity index (χ0) is 18.9. The molecule has 0 atom stereocenters. The van der Waals surface area contributed by atoms with Crippen molar-refractivity contribution in [3.63, 3.8) is 0 Å². The molecule has 2 fully saturated rings. The Morgan fingerprint density at radius 2 is 1.63 bits per heavy atom. The number of amides is 2. The Kier molecular flexibility index (Phi) is 7.59. The fourth-order valence-electron chi connectivity index (χ4n) is 3.59. The van der Waals surface area contributed by atoms with Gasteiger partial charge < -0.3 is 14.5 Å². The van der Waals surface area contributed by atoms with Crippen LogP contribution in [-0.2, 0) is 20.7 Å². The number of piperazine rings is 1. The van der Waals surface area contributed by atoms with E-state index in [-0.39, 0.29) is 11.8 Å². The molecule has 0 aliphatic carbocycles. The fourth-order valence-corrected chi connectivity index (χ4v) is 3.59. The van der Waals surface area contributed by atoms with Gasteiger partial charge in [0.15, 0.2) is 0 Å². The molecule has 0 spiro atoms. The summed E-state index contributed by atoms with van der Waals surface area (Å²) in [6, 6.07) is 3.96. The van der Waals surface area contributed by atoms with Gasteiger partial charge in [-0.3, -0.25) is 19.5 Å². The summed E-state index contributed by atoms with van der Waals surface area (Å²) >= 11 is 0. The molecule has 0 aromatic carbocycles. The minimum absolute atomic E-state index is 0.194. The second-order valence-corrected chi connectivity index (χ2v) is 7.18. The Morgan fingerprint density at radius 3 is 2.26 bits per heavy atom. The van der Waals surface area contributed by atoms with Crippen molar-refractivity contribution in [3.05, 3.63) is 30.1 Å². The standard InChI is InChI=1S/C20H30N4O3/c25-19(5-1-3-18-4-2-7-21-17-18)23-9-11-24(12-10-23)20(26)6-8-22-13-15-27-16-14-22/h2,4,7,17H,1,3,5-6,8-16H2. The molecule has 1 aromatic rings. The third-order valence-electron chi connectivity index (χ3n) is 5.31. The van der Waals surface area contributed by atoms with E-state index in [2.05, 4.69) is 9.88 Å². The van der Waals surface area contributed by atoms with Crippen molar-refractivity contribution in [1.82, 2.24) is 19.7 Å². The zero-order valence-electron chi connectivity index (χ0n) is 16.0. The summed E-state index contributed by atoms with van der Waals surface area (Å²) in [7, 11) is 0. The molecule has 27 heavy (non-hydrogen) atoms. The normalized spacial score (nSPS) is 18.5. The van der Waals surface area contributed by atoms with Gasteiger partial charge in [0.25, 0.3) is 0 Å². The first-order chi connectivity index (χ1) is 13.2. The first kappa shape index (κ1) is 19.8. The fraction of sp³-hybridized carbons (Fsp3) is 0.650. The van der Waals surface area contributed by atoms with Gasteiger partial charge in [0, 0.05) is 71.0 Å². The van der Waals surface area contributed by atoms with Crippen LogP contribution in [0.15, 0.2) is 24.5 Å². The largest absolute Gasteiger partial charge is 0.379 e. The molecule has 0 saturated carbocycles. The highest BCUT2D eigenvalue weighted by Gasteiger charge is 2.24. The molecular weight excluding hydrogens is 344 g/mol. The van der Waals surface area contributed by atoms with E-state index >= 15 is 0 Å². The van der Waals surface area contributed by atoms with Crippen LogP contribution in [0.3, 0.4) is 0 Å². The molecule has 0 unspecified atom stereocenters. The molecule has 2 aliphatic rings. The van der Waals surface area contributed by atoms with Crippen LogP contribution in [0.4, 0.5) is 0 Å². The summed E-state index contributed by atoms with van der Waals surface area (Å²) in [5, 5.41) is 0. The van der Waals surface area contributed by atoms with Crippen LogP contribution in [-0.4, -0.2) is 90.5 Å². The molecule has 7 nitrogen and oxygen atoms in total. The predicted molar refractivity (Wildman–Crippen MR) is 102 cm³/mol. The number of aromatic nitrogens is 1. The van der Waals surface area contributed by atoms with Crippen LogP contribution in [0.2, 0.25) is 0 Å². The third-order valence-corrected chi connectivity index (χ3v) is 5.31. The van der Waals surface area contributed by atoms with Crippen LogP contribution in [0.1, 0.15) is 24.8 Å². The van der Waals surface area contributed by atoms with E-state index in [0.29, 0.717) is 39.0 Å². The Bertz CT molecular complexity index is 597. The van der Waals surface area contributed by atoms with Crippen LogP contribution >= 0.6 is 0 Å². The third kappa shape index (κ3) is 6.29. The molecule has 7 heteroatoms. The maximum absolute atomic E-state index is 12.4. The lowest BCUT2D eigenvalue weighted by molar-refractivity contribution is -0.139. The molecule has 3 rings (SSSR count). The Labute approximate surface area is 161 Å². The van der Waals surface area contributed by atoms with Gasteiger partial charge in [0.05, 0.1) is 13.2 Å². The number of ether oxygens (including phenoxy) is 1. The lowest BCUT2D eigenvalue weighted by Gasteiger charge is -2.35. The van der Waals surface area contributed by atoms with E-state index in [9.17, 15) is 9.59 Å². The first-order valence-electron chi connectivity index (χ1n) is 9.97. The van der Waals surface area contributed by atoms with Crippen LogP contribution in [0.25, 0.3) is 0 Å². The highest BCUT2D eigenvalue weighted by atomic mass is 16.5. The zero-order valence-corrected chi connectivity index (χ0v) is 16.0. The van der Waals surface area contributed by atoms with Gasteiger partial charge in [-0.15, -0.1) is 0 Å². The number of nitrogens with zero attached hydrogens (tertiary/aromatic N) is 4. The predicted octanol–water partition coefficient (Wildman–Crippen LogP) is 0.797. The summed E-state index contributed by atoms with van der Waals surface area (Å²) < 4.78 is 5.33. The maximum Gasteiger partial charge on any atom is 0.223 e. The molecule has 1 aromatic heterocycles. The SMILES string of the molecule is O=C(CCCc1cccnc1)N1CCN(C(=O)CCN2CCOCC2)CC1. The van der Waals surface area contributed by atoms with Crippen LogP contribution in [0, 0.1) is 0 Å². The molecule has 2 amide bonds. The average molecular weight is 374 g/mol. The smallest absolute Gasteiger partial charge is 0.223 e. The highest BCUT2D eigenvalue weighted by molar-refractivity contribution is 5.78. The van der Waals surface area contributed by atoms with Gasteiger partial charge >= 0.3 is 0 Å². The topological polar surface area (TPSA) is 66.0 Å². The highest BCUT2D eigenvalue weighted by Crippen LogP contribution is 2.10. The molecule has 0 radical (unpaired) electrons. The van der Waals surface area contributed by atoms with Crippen molar-refractivity contribution in [1.29, 1.82) is 0 Å². The first-order valence-corrected chi connectivity index (χ1v) is 9.97. The van der Waals surface area contributed by atoms with Gasteiger partial charge in [-0.1, -0.05) is 6.07 Å². The molecule has 0 N–H and O–H groups in total. The number of pyridine rings is 1. The molecule has 2 aliphatic heterocycles. The van der Waals surface area contributed by atoms with Gasteiger partial charge in [-0.05, 0) is 24.5 Å². The van der Waals surface area contributed by atoms with Crippen LogP contribution < -0.4 is 0 Å². The maximum atomic E-state index is 12.4. The van der Waals surface area contributed by atoms with E-state index < -0.39 is 0 Å². The number of hydrogen-bond acceptors (Lipinski definition) is 5. The van der Waals surface area contributed by atoms with Crippen molar-refractivity contribution in [2.75, 3.05) is 59.0 Å². The number of carbonyl (C=O) groups excluding carboxylic acids is 2. The number of hydrogen-bond donors (Lipinski definition) is 0. The quantitative estimate of drug-likeness (QED) is 0.706. The van der Waals surface area contributed by atoms with Gasteiger partial charge in [-0.25, -0.2) is 0 Å². The van der Waals surface area contributed by atoms with Gasteiger partial charge in [0.2, 0.25) is 11.8 Å². The lowest BCUT2D eigenvalue weighted by Crippen LogP contribution is -2.51. The van der Waals surface area contributed by atoms with E-state index in [4.69, 9.17) is 4.74 Å². The van der Waals surface area contributed by atoms with Crippen molar-refractivity contribution >= 4 is 11.8 Å². The summed E-state index contributed by atoms with van der Waals surface area (Å²) in [5.74, 6) is 0.393. The van der Waals surface area contributed by atoms with E-state index in [0.717, 1.165) is 45.7 Å². The number of morpholine rings is 1. The van der Waals surface area contributed by atoms with Crippen LogP contribution in [0.5, 0.6) is 0 Å². The molecule has 148 valence electrons. The molecule has 2 saturated heterocycles. The van der Waals surface area contributed by atoms with Gasteiger partial charge in [-0.2, -0.15) is 0 Å². The Hall–Kier alpha value is -1.99. The number of carbonyl (C=O) groups is 2. The van der Waals surface area contributed by atoms with Crippen molar-refractivity contribution in [2.24, 2.45) is 0 Å². The number of aryl methyl sites for hydroxylation is 1. The van der Waals surface area contributed by atoms with Crippen molar-refractivity contribution in [2.45, 2.75) is 25.7 Å². The monoisotopic (exact) mass is 374 g/mol. The van der Waals surface area contributed by atoms with E-state index in [1.54, 1.807) is 6.20 Å². The van der Waals surface area contributed by atoms with Gasteiger partial charge in [0.1, 0.15) is 0 Å².